The SMILES string of the molecule is CCN(CC)c1ccc(C(c2c(C)n(C)n(-c3ccccc3)c2=O)c2c(C)n(C)n(-c3ccccc3)c2=O)cc1. The molecule has 0 radical (unpaired) electrons. The van der Waals surface area contributed by atoms with Crippen molar-refractivity contribution in [1.29, 1.82) is 0 Å². The molecule has 0 unspecified atom stereocenters. The molecule has 7 nitrogen and oxygen atoms in total. The second-order valence-corrected chi connectivity index (χ2v) is 10.1. The number of aromatic nitrogens is 4. The van der Waals surface area contributed by atoms with Crippen molar-refractivity contribution in [3.8, 4) is 11.4 Å². The highest BCUT2D eigenvalue weighted by atomic mass is 16.1. The fraction of sp³-hybridized carbons (Fsp3) is 0.273. The second-order valence-electron chi connectivity index (χ2n) is 10.1. The molecule has 0 aliphatic rings. The first kappa shape index (κ1) is 27.1. The predicted molar refractivity (Wildman–Crippen MR) is 162 cm³/mol. The molecule has 2 aromatic heterocycles. The first-order valence-electron chi connectivity index (χ1n) is 13.8. The summed E-state index contributed by atoms with van der Waals surface area (Å²) in [5.41, 5.74) is 6.19. The van der Waals surface area contributed by atoms with Crippen molar-refractivity contribution in [2.75, 3.05) is 18.0 Å². The van der Waals surface area contributed by atoms with Crippen LogP contribution >= 0.6 is 0 Å². The summed E-state index contributed by atoms with van der Waals surface area (Å²) >= 11 is 0. The summed E-state index contributed by atoms with van der Waals surface area (Å²) < 4.78 is 7.16. The lowest BCUT2D eigenvalue weighted by molar-refractivity contribution is 0.630. The Kier molecular flexibility index (Phi) is 7.39. The number of anilines is 1. The smallest absolute Gasteiger partial charge is 0.275 e. The van der Waals surface area contributed by atoms with E-state index in [1.165, 1.54) is 0 Å². The van der Waals surface area contributed by atoms with Gasteiger partial charge in [-0.15, -0.1) is 0 Å². The summed E-state index contributed by atoms with van der Waals surface area (Å²) in [4.78, 5) is 30.8. The fourth-order valence-corrected chi connectivity index (χ4v) is 5.79. The van der Waals surface area contributed by atoms with E-state index in [2.05, 4.69) is 43.0 Å². The first-order valence-corrected chi connectivity index (χ1v) is 13.8. The zero-order valence-electron chi connectivity index (χ0n) is 24.1. The third kappa shape index (κ3) is 4.41. The maximum absolute atomic E-state index is 14.3. The van der Waals surface area contributed by atoms with Gasteiger partial charge in [0.25, 0.3) is 11.1 Å². The van der Waals surface area contributed by atoms with Gasteiger partial charge < -0.3 is 4.90 Å². The Balaban J connectivity index is 1.80. The molecule has 0 aliphatic carbocycles. The number of hydrogen-bond acceptors (Lipinski definition) is 3. The van der Waals surface area contributed by atoms with Crippen LogP contribution in [0.4, 0.5) is 5.69 Å². The molecule has 2 heterocycles. The quantitative estimate of drug-likeness (QED) is 0.271. The van der Waals surface area contributed by atoms with Crippen molar-refractivity contribution in [1.82, 2.24) is 18.7 Å². The minimum Gasteiger partial charge on any atom is -0.372 e. The standard InChI is InChI=1S/C33H37N5O2/c1-7-36(8-2)26-21-19-25(20-22-26)31(29-23(3)34(5)37(32(29)39)27-15-11-9-12-16-27)30-24(4)35(6)38(33(30)40)28-17-13-10-14-18-28/h9-22,31H,7-8H2,1-6H3. The van der Waals surface area contributed by atoms with Crippen LogP contribution in [-0.2, 0) is 14.1 Å². The van der Waals surface area contributed by atoms with E-state index < -0.39 is 5.92 Å². The number of hydrogen-bond donors (Lipinski definition) is 0. The maximum Gasteiger partial charge on any atom is 0.275 e. The van der Waals surface area contributed by atoms with Crippen LogP contribution in [0.15, 0.2) is 94.5 Å². The van der Waals surface area contributed by atoms with E-state index in [4.69, 9.17) is 0 Å². The van der Waals surface area contributed by atoms with Crippen molar-refractivity contribution >= 4 is 5.69 Å². The van der Waals surface area contributed by atoms with Gasteiger partial charge in [0.2, 0.25) is 0 Å². The Morgan fingerprint density at radius 3 is 1.40 bits per heavy atom. The van der Waals surface area contributed by atoms with Crippen LogP contribution in [0, 0.1) is 13.8 Å². The van der Waals surface area contributed by atoms with Gasteiger partial charge in [0.1, 0.15) is 0 Å². The monoisotopic (exact) mass is 535 g/mol. The molecular weight excluding hydrogens is 498 g/mol. The second kappa shape index (κ2) is 10.9. The van der Waals surface area contributed by atoms with Crippen LogP contribution in [-0.4, -0.2) is 31.8 Å². The molecule has 0 saturated heterocycles. The topological polar surface area (TPSA) is 57.1 Å². The van der Waals surface area contributed by atoms with Gasteiger partial charge in [-0.05, 0) is 69.7 Å². The first-order chi connectivity index (χ1) is 19.3. The summed E-state index contributed by atoms with van der Waals surface area (Å²) in [7, 11) is 3.79. The lowest BCUT2D eigenvalue weighted by atomic mass is 9.85. The fourth-order valence-electron chi connectivity index (χ4n) is 5.79. The van der Waals surface area contributed by atoms with Crippen LogP contribution in [0.5, 0.6) is 0 Å². The lowest BCUT2D eigenvalue weighted by Crippen LogP contribution is -2.26. The van der Waals surface area contributed by atoms with E-state index in [-0.39, 0.29) is 11.1 Å². The molecule has 0 fully saturated rings. The molecule has 5 aromatic rings. The van der Waals surface area contributed by atoms with Crippen LogP contribution in [0.3, 0.4) is 0 Å². The van der Waals surface area contributed by atoms with Crippen LogP contribution < -0.4 is 16.0 Å². The number of rotatable bonds is 8. The lowest BCUT2D eigenvalue weighted by Gasteiger charge is -2.22. The average molecular weight is 536 g/mol. The molecular formula is C33H37N5O2. The molecule has 5 rings (SSSR count). The Bertz CT molecular complexity index is 1630. The molecule has 0 amide bonds. The number of benzene rings is 3. The Morgan fingerprint density at radius 1 is 0.625 bits per heavy atom. The highest BCUT2D eigenvalue weighted by Crippen LogP contribution is 2.34. The third-order valence-corrected chi connectivity index (χ3v) is 8.13. The van der Waals surface area contributed by atoms with E-state index >= 15 is 0 Å². The van der Waals surface area contributed by atoms with E-state index in [0.29, 0.717) is 11.1 Å². The van der Waals surface area contributed by atoms with E-state index in [1.54, 1.807) is 9.36 Å². The van der Waals surface area contributed by atoms with Crippen LogP contribution in [0.25, 0.3) is 11.4 Å². The summed E-state index contributed by atoms with van der Waals surface area (Å²) in [5.74, 6) is -0.543. The van der Waals surface area contributed by atoms with Gasteiger partial charge >= 0.3 is 0 Å². The highest BCUT2D eigenvalue weighted by Gasteiger charge is 2.32. The average Bonchev–Trinajstić information content (AvgIpc) is 3.33. The molecule has 0 atom stereocenters. The largest absolute Gasteiger partial charge is 0.372 e. The normalized spacial score (nSPS) is 11.4. The molecule has 7 heteroatoms. The van der Waals surface area contributed by atoms with Crippen molar-refractivity contribution in [2.24, 2.45) is 14.1 Å². The van der Waals surface area contributed by atoms with Crippen molar-refractivity contribution in [3.63, 3.8) is 0 Å². The van der Waals surface area contributed by atoms with Gasteiger partial charge in [0.15, 0.2) is 0 Å². The van der Waals surface area contributed by atoms with Crippen LogP contribution in [0.2, 0.25) is 0 Å². The van der Waals surface area contributed by atoms with Gasteiger partial charge in [-0.3, -0.25) is 19.0 Å². The molecule has 206 valence electrons. The summed E-state index contributed by atoms with van der Waals surface area (Å²) in [5, 5.41) is 0. The minimum atomic E-state index is -0.543. The van der Waals surface area contributed by atoms with Gasteiger partial charge in [-0.25, -0.2) is 9.36 Å². The minimum absolute atomic E-state index is 0.127. The van der Waals surface area contributed by atoms with Crippen LogP contribution in [0.1, 0.15) is 47.8 Å². The maximum atomic E-state index is 14.3. The predicted octanol–water partition coefficient (Wildman–Crippen LogP) is 5.31. The van der Waals surface area contributed by atoms with Gasteiger partial charge in [-0.1, -0.05) is 48.5 Å². The molecule has 0 spiro atoms. The third-order valence-electron chi connectivity index (χ3n) is 8.13. The number of nitrogens with zero attached hydrogens (tertiary/aromatic N) is 5. The van der Waals surface area contributed by atoms with Gasteiger partial charge in [0, 0.05) is 50.2 Å². The number of para-hydroxylation sites is 2. The van der Waals surface area contributed by atoms with Gasteiger partial charge in [-0.2, -0.15) is 0 Å². The van der Waals surface area contributed by atoms with E-state index in [0.717, 1.165) is 47.1 Å². The van der Waals surface area contributed by atoms with Crippen molar-refractivity contribution in [3.05, 3.63) is 134 Å². The van der Waals surface area contributed by atoms with E-state index in [9.17, 15) is 9.59 Å². The molecule has 0 saturated carbocycles. The van der Waals surface area contributed by atoms with E-state index in [1.807, 2.05) is 98.0 Å². The molecule has 0 aliphatic heterocycles. The molecule has 3 aromatic carbocycles. The van der Waals surface area contributed by atoms with Gasteiger partial charge in [0.05, 0.1) is 22.5 Å². The summed E-state index contributed by atoms with van der Waals surface area (Å²) in [6.45, 7) is 10.00. The molecule has 0 bridgehead atoms. The Labute approximate surface area is 235 Å². The highest BCUT2D eigenvalue weighted by molar-refractivity contribution is 5.53. The summed E-state index contributed by atoms with van der Waals surface area (Å²) in [6.07, 6.45) is 0. The zero-order chi connectivity index (χ0) is 28.6. The van der Waals surface area contributed by atoms with Crippen molar-refractivity contribution < 1.29 is 0 Å². The van der Waals surface area contributed by atoms with Crippen molar-refractivity contribution in [2.45, 2.75) is 33.6 Å². The summed E-state index contributed by atoms with van der Waals surface area (Å²) in [6, 6.07) is 27.6. The Hall–Kier alpha value is -4.52. The molecule has 40 heavy (non-hydrogen) atoms. The molecule has 0 N–H and O–H groups in total. The zero-order valence-corrected chi connectivity index (χ0v) is 24.1. The Morgan fingerprint density at radius 2 is 1.02 bits per heavy atom.